The lowest BCUT2D eigenvalue weighted by Gasteiger charge is -2.49. The summed E-state index contributed by atoms with van der Waals surface area (Å²) in [6.45, 7) is 3.82. The van der Waals surface area contributed by atoms with Gasteiger partial charge in [0.25, 0.3) is 0 Å². The third kappa shape index (κ3) is 3.41. The fourth-order valence-corrected chi connectivity index (χ4v) is 4.67. The molecule has 1 amide bonds. The zero-order chi connectivity index (χ0) is 20.6. The van der Waals surface area contributed by atoms with Crippen molar-refractivity contribution in [3.05, 3.63) is 89.6 Å². The van der Waals surface area contributed by atoms with Crippen LogP contribution >= 0.6 is 0 Å². The maximum Gasteiger partial charge on any atom is 0.240 e. The largest absolute Gasteiger partial charge is 0.348 e. The first-order valence-corrected chi connectivity index (χ1v) is 10.8. The number of hydrogen-bond acceptors (Lipinski definition) is 3. The van der Waals surface area contributed by atoms with E-state index in [-0.39, 0.29) is 11.9 Å². The molecule has 1 saturated heterocycles. The summed E-state index contributed by atoms with van der Waals surface area (Å²) < 4.78 is 0. The van der Waals surface area contributed by atoms with Crippen LogP contribution in [0.4, 0.5) is 0 Å². The summed E-state index contributed by atoms with van der Waals surface area (Å²) in [6, 6.07) is 23.1. The van der Waals surface area contributed by atoms with Crippen molar-refractivity contribution in [3.8, 4) is 11.3 Å². The van der Waals surface area contributed by atoms with E-state index in [4.69, 9.17) is 0 Å². The third-order valence-corrected chi connectivity index (χ3v) is 6.78. The second-order valence-corrected chi connectivity index (χ2v) is 8.62. The molecule has 0 spiro atoms. The smallest absolute Gasteiger partial charge is 0.240 e. The number of likely N-dealkylation sites (tertiary alicyclic amines) is 1. The molecule has 3 aromatic rings. The lowest BCUT2D eigenvalue weighted by Crippen LogP contribution is -2.65. The van der Waals surface area contributed by atoms with Gasteiger partial charge in [0.2, 0.25) is 5.91 Å². The summed E-state index contributed by atoms with van der Waals surface area (Å²) in [5.74, 6) is 0.153. The number of rotatable bonds is 5. The lowest BCUT2D eigenvalue weighted by atomic mass is 9.84. The maximum absolute atomic E-state index is 13.2. The first kappa shape index (κ1) is 19.0. The molecule has 2 heterocycles. The van der Waals surface area contributed by atoms with Crippen LogP contribution in [0.5, 0.6) is 0 Å². The van der Waals surface area contributed by atoms with E-state index < -0.39 is 5.54 Å². The van der Waals surface area contributed by atoms with Crippen molar-refractivity contribution in [2.45, 2.75) is 44.3 Å². The normalized spacial score (nSPS) is 22.9. The number of amides is 1. The van der Waals surface area contributed by atoms with E-state index in [0.717, 1.165) is 43.6 Å². The zero-order valence-electron chi connectivity index (χ0n) is 17.3. The number of pyridine rings is 1. The van der Waals surface area contributed by atoms with Gasteiger partial charge in [-0.05, 0) is 55.0 Å². The highest BCUT2D eigenvalue weighted by atomic mass is 16.2. The first-order chi connectivity index (χ1) is 14.6. The molecule has 2 atom stereocenters. The van der Waals surface area contributed by atoms with Crippen molar-refractivity contribution in [3.63, 3.8) is 0 Å². The Bertz CT molecular complexity index is 1050. The van der Waals surface area contributed by atoms with Crippen LogP contribution in [0.3, 0.4) is 0 Å². The van der Waals surface area contributed by atoms with Gasteiger partial charge in [0.1, 0.15) is 0 Å². The standard InChI is InChI=1S/C26H27N3O/c1-26(25(30)28-24-14-13-20-6-2-3-7-22(20)24)15-17-29(26)18-19-9-11-21(12-10-19)23-8-4-5-16-27-23/h2-12,16,24H,13-15,17-18H2,1H3,(H,28,30). The molecule has 2 aliphatic rings. The summed E-state index contributed by atoms with van der Waals surface area (Å²) in [7, 11) is 0. The molecule has 0 radical (unpaired) electrons. The predicted octanol–water partition coefficient (Wildman–Crippen LogP) is 4.52. The first-order valence-electron chi connectivity index (χ1n) is 10.8. The van der Waals surface area contributed by atoms with Gasteiger partial charge in [-0.1, -0.05) is 54.6 Å². The molecule has 2 aromatic carbocycles. The van der Waals surface area contributed by atoms with E-state index in [1.54, 1.807) is 0 Å². The molecular weight excluding hydrogens is 370 g/mol. The average Bonchev–Trinajstić information content (AvgIpc) is 3.20. The Morgan fingerprint density at radius 1 is 1.10 bits per heavy atom. The van der Waals surface area contributed by atoms with Crippen LogP contribution in [0.2, 0.25) is 0 Å². The Morgan fingerprint density at radius 2 is 1.90 bits per heavy atom. The third-order valence-electron chi connectivity index (χ3n) is 6.78. The summed E-state index contributed by atoms with van der Waals surface area (Å²) >= 11 is 0. The molecule has 4 nitrogen and oxygen atoms in total. The van der Waals surface area contributed by atoms with Gasteiger partial charge >= 0.3 is 0 Å². The van der Waals surface area contributed by atoms with E-state index in [1.165, 1.54) is 16.7 Å². The molecule has 2 unspecified atom stereocenters. The van der Waals surface area contributed by atoms with Crippen LogP contribution in [0, 0.1) is 0 Å². The van der Waals surface area contributed by atoms with Crippen LogP contribution in [-0.2, 0) is 17.8 Å². The van der Waals surface area contributed by atoms with E-state index in [1.807, 2.05) is 24.4 Å². The Labute approximate surface area is 178 Å². The molecule has 5 rings (SSSR count). The molecule has 1 N–H and O–H groups in total. The molecule has 1 aliphatic heterocycles. The van der Waals surface area contributed by atoms with Crippen molar-refractivity contribution in [1.82, 2.24) is 15.2 Å². The molecule has 0 saturated carbocycles. The number of nitrogens with one attached hydrogen (secondary N) is 1. The molecule has 30 heavy (non-hydrogen) atoms. The highest BCUT2D eigenvalue weighted by Gasteiger charge is 2.47. The molecule has 1 aliphatic carbocycles. The van der Waals surface area contributed by atoms with Crippen LogP contribution < -0.4 is 5.32 Å². The molecule has 0 bridgehead atoms. The number of benzene rings is 2. The molecule has 4 heteroatoms. The Morgan fingerprint density at radius 3 is 2.63 bits per heavy atom. The van der Waals surface area contributed by atoms with Crippen LogP contribution in [-0.4, -0.2) is 27.9 Å². The Kier molecular flexibility index (Phi) is 4.87. The Hall–Kier alpha value is -2.98. The van der Waals surface area contributed by atoms with Crippen LogP contribution in [0.1, 0.15) is 42.5 Å². The van der Waals surface area contributed by atoms with Gasteiger partial charge in [0, 0.05) is 24.8 Å². The minimum Gasteiger partial charge on any atom is -0.348 e. The number of hydrogen-bond donors (Lipinski definition) is 1. The number of fused-ring (bicyclic) bond motifs is 1. The quantitative estimate of drug-likeness (QED) is 0.689. The monoisotopic (exact) mass is 397 g/mol. The van der Waals surface area contributed by atoms with Gasteiger partial charge in [-0.15, -0.1) is 0 Å². The van der Waals surface area contributed by atoms with Crippen molar-refractivity contribution in [1.29, 1.82) is 0 Å². The van der Waals surface area contributed by atoms with Gasteiger partial charge in [-0.2, -0.15) is 0 Å². The van der Waals surface area contributed by atoms with Crippen molar-refractivity contribution < 1.29 is 4.79 Å². The van der Waals surface area contributed by atoms with Gasteiger partial charge in [-0.3, -0.25) is 14.7 Å². The number of carbonyl (C=O) groups excluding carboxylic acids is 1. The van der Waals surface area contributed by atoms with Gasteiger partial charge in [-0.25, -0.2) is 0 Å². The highest BCUT2D eigenvalue weighted by molar-refractivity contribution is 5.87. The van der Waals surface area contributed by atoms with Gasteiger partial charge in [0.05, 0.1) is 17.3 Å². The maximum atomic E-state index is 13.2. The molecular formula is C26H27N3O. The summed E-state index contributed by atoms with van der Waals surface area (Å²) in [6.07, 6.45) is 4.76. The van der Waals surface area contributed by atoms with Gasteiger partial charge < -0.3 is 5.32 Å². The fraction of sp³-hybridized carbons (Fsp3) is 0.308. The fourth-order valence-electron chi connectivity index (χ4n) is 4.67. The second kappa shape index (κ2) is 7.69. The average molecular weight is 398 g/mol. The number of carbonyl (C=O) groups is 1. The van der Waals surface area contributed by atoms with Crippen molar-refractivity contribution in [2.24, 2.45) is 0 Å². The van der Waals surface area contributed by atoms with Crippen molar-refractivity contribution >= 4 is 5.91 Å². The van der Waals surface area contributed by atoms with E-state index >= 15 is 0 Å². The second-order valence-electron chi connectivity index (χ2n) is 8.62. The summed E-state index contributed by atoms with van der Waals surface area (Å²) in [5.41, 5.74) is 5.53. The minimum atomic E-state index is -0.433. The molecule has 1 fully saturated rings. The van der Waals surface area contributed by atoms with E-state index in [2.05, 4.69) is 70.7 Å². The number of aryl methyl sites for hydroxylation is 1. The molecule has 1 aromatic heterocycles. The van der Waals surface area contributed by atoms with Crippen LogP contribution in [0.25, 0.3) is 11.3 Å². The lowest BCUT2D eigenvalue weighted by molar-refractivity contribution is -0.142. The van der Waals surface area contributed by atoms with Crippen molar-refractivity contribution in [2.75, 3.05) is 6.54 Å². The summed E-state index contributed by atoms with van der Waals surface area (Å²) in [5, 5.41) is 3.34. The SMILES string of the molecule is CC1(C(=O)NC2CCc3ccccc32)CCN1Cc1ccc(-c2ccccn2)cc1. The van der Waals surface area contributed by atoms with E-state index in [0.29, 0.717) is 0 Å². The predicted molar refractivity (Wildman–Crippen MR) is 119 cm³/mol. The molecule has 152 valence electrons. The topological polar surface area (TPSA) is 45.2 Å². The highest BCUT2D eigenvalue weighted by Crippen LogP contribution is 2.36. The Balaban J connectivity index is 1.25. The minimum absolute atomic E-state index is 0.144. The van der Waals surface area contributed by atoms with E-state index in [9.17, 15) is 4.79 Å². The zero-order valence-corrected chi connectivity index (χ0v) is 17.3. The number of nitrogens with zero attached hydrogens (tertiary/aromatic N) is 2. The van der Waals surface area contributed by atoms with Crippen LogP contribution in [0.15, 0.2) is 72.9 Å². The number of aromatic nitrogens is 1. The summed E-state index contributed by atoms with van der Waals surface area (Å²) in [4.78, 5) is 19.9. The van der Waals surface area contributed by atoms with Gasteiger partial charge in [0.15, 0.2) is 0 Å².